The van der Waals surface area contributed by atoms with Crippen LogP contribution in [0.3, 0.4) is 0 Å². The molecule has 0 saturated heterocycles. The number of aromatic nitrogens is 1. The number of amides is 1. The number of benzene rings is 1. The van der Waals surface area contributed by atoms with Crippen LogP contribution in [-0.4, -0.2) is 21.8 Å². The van der Waals surface area contributed by atoms with Crippen LogP contribution in [0.25, 0.3) is 10.8 Å². The third kappa shape index (κ3) is 4.37. The SMILES string of the molecule is Cc1ccc(-c2nc(CC(=O)N(Cc3ccccc3)C(C)C)cs2)o1. The third-order valence-electron chi connectivity index (χ3n) is 3.97. The first kappa shape index (κ1) is 17.4. The first-order chi connectivity index (χ1) is 12.0. The minimum Gasteiger partial charge on any atom is -0.459 e. The fourth-order valence-electron chi connectivity index (χ4n) is 2.65. The lowest BCUT2D eigenvalue weighted by molar-refractivity contribution is -0.132. The van der Waals surface area contributed by atoms with Gasteiger partial charge >= 0.3 is 0 Å². The molecule has 0 aliphatic heterocycles. The van der Waals surface area contributed by atoms with Crippen LogP contribution in [0.4, 0.5) is 0 Å². The van der Waals surface area contributed by atoms with Crippen molar-refractivity contribution < 1.29 is 9.21 Å². The Bertz CT molecular complexity index is 836. The molecule has 3 rings (SSSR count). The minimum atomic E-state index is 0.0892. The number of furan rings is 1. The normalized spacial score (nSPS) is 11.0. The fourth-order valence-corrected chi connectivity index (χ4v) is 3.43. The molecule has 1 aromatic carbocycles. The average molecular weight is 354 g/mol. The maximum absolute atomic E-state index is 12.8. The molecular weight excluding hydrogens is 332 g/mol. The Kier molecular flexibility index (Phi) is 5.34. The predicted octanol–water partition coefficient (Wildman–Crippen LogP) is 4.69. The quantitative estimate of drug-likeness (QED) is 0.645. The van der Waals surface area contributed by atoms with Gasteiger partial charge in [-0.05, 0) is 38.5 Å². The maximum Gasteiger partial charge on any atom is 0.229 e. The van der Waals surface area contributed by atoms with Gasteiger partial charge < -0.3 is 9.32 Å². The number of hydrogen-bond acceptors (Lipinski definition) is 4. The molecule has 3 aromatic rings. The van der Waals surface area contributed by atoms with Gasteiger partial charge in [-0.15, -0.1) is 11.3 Å². The van der Waals surface area contributed by atoms with Crippen LogP contribution >= 0.6 is 11.3 Å². The van der Waals surface area contributed by atoms with Crippen molar-refractivity contribution in [3.8, 4) is 10.8 Å². The van der Waals surface area contributed by atoms with Crippen LogP contribution in [0.5, 0.6) is 0 Å². The fraction of sp³-hybridized carbons (Fsp3) is 0.300. The molecular formula is C20H22N2O2S. The second-order valence-electron chi connectivity index (χ2n) is 6.33. The summed E-state index contributed by atoms with van der Waals surface area (Å²) < 4.78 is 5.61. The Morgan fingerprint density at radius 2 is 1.96 bits per heavy atom. The highest BCUT2D eigenvalue weighted by molar-refractivity contribution is 7.13. The van der Waals surface area contributed by atoms with E-state index in [0.717, 1.165) is 27.8 Å². The van der Waals surface area contributed by atoms with E-state index in [2.05, 4.69) is 4.98 Å². The van der Waals surface area contributed by atoms with Crippen LogP contribution in [0.1, 0.15) is 30.9 Å². The Hall–Kier alpha value is -2.40. The Morgan fingerprint density at radius 1 is 1.20 bits per heavy atom. The van der Waals surface area contributed by atoms with Crippen molar-refractivity contribution in [1.29, 1.82) is 0 Å². The summed E-state index contributed by atoms with van der Waals surface area (Å²) in [7, 11) is 0. The van der Waals surface area contributed by atoms with Gasteiger partial charge in [0.15, 0.2) is 10.8 Å². The Labute approximate surface area is 152 Å². The van der Waals surface area contributed by atoms with Crippen LogP contribution in [0, 0.1) is 6.92 Å². The zero-order valence-electron chi connectivity index (χ0n) is 14.7. The van der Waals surface area contributed by atoms with Crippen LogP contribution in [0.15, 0.2) is 52.3 Å². The van der Waals surface area contributed by atoms with Crippen molar-refractivity contribution in [3.05, 3.63) is 64.9 Å². The largest absolute Gasteiger partial charge is 0.459 e. The van der Waals surface area contributed by atoms with Crippen LogP contribution < -0.4 is 0 Å². The third-order valence-corrected chi connectivity index (χ3v) is 4.88. The highest BCUT2D eigenvalue weighted by Crippen LogP contribution is 2.26. The molecule has 0 fully saturated rings. The number of hydrogen-bond donors (Lipinski definition) is 0. The molecule has 0 spiro atoms. The summed E-state index contributed by atoms with van der Waals surface area (Å²) in [6, 6.07) is 14.0. The molecule has 1 amide bonds. The topological polar surface area (TPSA) is 46.3 Å². The number of carbonyl (C=O) groups is 1. The number of carbonyl (C=O) groups excluding carboxylic acids is 1. The molecule has 0 unspecified atom stereocenters. The van der Waals surface area contributed by atoms with Gasteiger partial charge in [0.25, 0.3) is 0 Å². The highest BCUT2D eigenvalue weighted by Gasteiger charge is 2.19. The van der Waals surface area contributed by atoms with Crippen molar-refractivity contribution in [1.82, 2.24) is 9.88 Å². The zero-order valence-corrected chi connectivity index (χ0v) is 15.5. The lowest BCUT2D eigenvalue weighted by Gasteiger charge is -2.26. The average Bonchev–Trinajstić information content (AvgIpc) is 3.22. The lowest BCUT2D eigenvalue weighted by atomic mass is 10.1. The van der Waals surface area contributed by atoms with E-state index in [9.17, 15) is 4.79 Å². The number of aryl methyl sites for hydroxylation is 1. The van der Waals surface area contributed by atoms with Crippen LogP contribution in [-0.2, 0) is 17.8 Å². The summed E-state index contributed by atoms with van der Waals surface area (Å²) in [6.07, 6.45) is 0.307. The van der Waals surface area contributed by atoms with E-state index < -0.39 is 0 Å². The molecule has 0 aliphatic carbocycles. The van der Waals surface area contributed by atoms with E-state index >= 15 is 0 Å². The molecule has 0 saturated carbocycles. The van der Waals surface area contributed by atoms with E-state index in [0.29, 0.717) is 13.0 Å². The van der Waals surface area contributed by atoms with Gasteiger partial charge in [-0.25, -0.2) is 4.98 Å². The van der Waals surface area contributed by atoms with Gasteiger partial charge in [-0.3, -0.25) is 4.79 Å². The van der Waals surface area contributed by atoms with Gasteiger partial charge in [-0.2, -0.15) is 0 Å². The van der Waals surface area contributed by atoms with Crippen molar-refractivity contribution in [2.24, 2.45) is 0 Å². The second kappa shape index (κ2) is 7.66. The van der Waals surface area contributed by atoms with Crippen molar-refractivity contribution in [2.45, 2.75) is 39.8 Å². The predicted molar refractivity (Wildman–Crippen MR) is 100 cm³/mol. The molecule has 0 atom stereocenters. The minimum absolute atomic E-state index is 0.0892. The Morgan fingerprint density at radius 3 is 2.60 bits per heavy atom. The Balaban J connectivity index is 1.70. The lowest BCUT2D eigenvalue weighted by Crippen LogP contribution is -2.37. The standard InChI is InChI=1S/C20H22N2O2S/c1-14(2)22(12-16-7-5-4-6-8-16)19(23)11-17-13-25-20(21-17)18-10-9-15(3)24-18/h4-10,13-14H,11-12H2,1-3H3. The monoisotopic (exact) mass is 354 g/mol. The summed E-state index contributed by atoms with van der Waals surface area (Å²) in [5.41, 5.74) is 1.92. The van der Waals surface area contributed by atoms with E-state index in [4.69, 9.17) is 4.42 Å². The van der Waals surface area contributed by atoms with E-state index in [1.165, 1.54) is 11.3 Å². The zero-order chi connectivity index (χ0) is 17.8. The molecule has 25 heavy (non-hydrogen) atoms. The van der Waals surface area contributed by atoms with Crippen molar-refractivity contribution >= 4 is 17.2 Å². The van der Waals surface area contributed by atoms with E-state index in [1.807, 2.05) is 73.5 Å². The molecule has 0 N–H and O–H groups in total. The first-order valence-electron chi connectivity index (χ1n) is 8.37. The van der Waals surface area contributed by atoms with Gasteiger partial charge in [0.1, 0.15) is 5.76 Å². The number of nitrogens with zero attached hydrogens (tertiary/aromatic N) is 2. The number of rotatable bonds is 6. The van der Waals surface area contributed by atoms with Crippen molar-refractivity contribution in [2.75, 3.05) is 0 Å². The summed E-state index contributed by atoms with van der Waals surface area (Å²) in [5.74, 6) is 1.70. The summed E-state index contributed by atoms with van der Waals surface area (Å²) in [4.78, 5) is 19.2. The summed E-state index contributed by atoms with van der Waals surface area (Å²) in [6.45, 7) is 6.61. The van der Waals surface area contributed by atoms with Gasteiger partial charge in [0.2, 0.25) is 5.91 Å². The van der Waals surface area contributed by atoms with Gasteiger partial charge in [0.05, 0.1) is 12.1 Å². The van der Waals surface area contributed by atoms with E-state index in [-0.39, 0.29) is 11.9 Å². The highest BCUT2D eigenvalue weighted by atomic mass is 32.1. The smallest absolute Gasteiger partial charge is 0.229 e. The van der Waals surface area contributed by atoms with E-state index in [1.54, 1.807) is 0 Å². The molecule has 4 nitrogen and oxygen atoms in total. The molecule has 2 aromatic heterocycles. The van der Waals surface area contributed by atoms with Crippen LogP contribution in [0.2, 0.25) is 0 Å². The van der Waals surface area contributed by atoms with Crippen molar-refractivity contribution in [3.63, 3.8) is 0 Å². The molecule has 0 aliphatic rings. The second-order valence-corrected chi connectivity index (χ2v) is 7.19. The maximum atomic E-state index is 12.8. The molecule has 5 heteroatoms. The number of thiazole rings is 1. The summed E-state index contributed by atoms with van der Waals surface area (Å²) in [5, 5.41) is 2.75. The molecule has 2 heterocycles. The molecule has 0 bridgehead atoms. The van der Waals surface area contributed by atoms with Gasteiger partial charge in [-0.1, -0.05) is 30.3 Å². The molecule has 0 radical (unpaired) electrons. The summed E-state index contributed by atoms with van der Waals surface area (Å²) >= 11 is 1.51. The molecule has 130 valence electrons. The van der Waals surface area contributed by atoms with Gasteiger partial charge in [0, 0.05) is 18.0 Å². The first-order valence-corrected chi connectivity index (χ1v) is 9.25.